The molecule has 1 aromatic carbocycles. The summed E-state index contributed by atoms with van der Waals surface area (Å²) in [5, 5.41) is 54.2. The fraction of sp³-hybridized carbons (Fsp3) is 0.614. The van der Waals surface area contributed by atoms with E-state index in [1.807, 2.05) is 64.3 Å². The minimum absolute atomic E-state index is 0.104. The zero-order valence-electron chi connectivity index (χ0n) is 35.7. The lowest BCUT2D eigenvalue weighted by Crippen LogP contribution is -2.63. The summed E-state index contributed by atoms with van der Waals surface area (Å²) >= 11 is 0. The summed E-state index contributed by atoms with van der Waals surface area (Å²) in [7, 11) is 5.48. The number of allylic oxidation sites excluding steroid dienone is 3. The molecular weight excluding hydrogens is 757 g/mol. The first-order chi connectivity index (χ1) is 28.1. The van der Waals surface area contributed by atoms with Crippen molar-refractivity contribution in [1.29, 1.82) is 0 Å². The van der Waals surface area contributed by atoms with Gasteiger partial charge in [0, 0.05) is 29.7 Å². The van der Waals surface area contributed by atoms with E-state index in [9.17, 15) is 30.0 Å². The minimum atomic E-state index is -1.26. The van der Waals surface area contributed by atoms with Crippen LogP contribution in [0.25, 0.3) is 16.6 Å². The predicted octanol–water partition coefficient (Wildman–Crippen LogP) is 3.46. The summed E-state index contributed by atoms with van der Waals surface area (Å²) in [6.07, 6.45) is 2.79. The Morgan fingerprint density at radius 1 is 1.03 bits per heavy atom. The molecule has 2 aliphatic heterocycles. The highest BCUT2D eigenvalue weighted by molar-refractivity contribution is 5.91. The van der Waals surface area contributed by atoms with Crippen LogP contribution in [0.5, 0.6) is 0 Å². The van der Waals surface area contributed by atoms with E-state index in [2.05, 4.69) is 20.2 Å². The molecule has 59 heavy (non-hydrogen) atoms. The number of fused-ring (bicyclic) bond motifs is 1. The Hall–Kier alpha value is -3.93. The van der Waals surface area contributed by atoms with Crippen molar-refractivity contribution in [2.75, 3.05) is 34.3 Å². The second-order valence-corrected chi connectivity index (χ2v) is 16.8. The van der Waals surface area contributed by atoms with Gasteiger partial charge in [-0.15, -0.1) is 5.10 Å². The average molecular weight is 821 g/mol. The van der Waals surface area contributed by atoms with Gasteiger partial charge in [-0.3, -0.25) is 14.6 Å². The van der Waals surface area contributed by atoms with Gasteiger partial charge in [0.15, 0.2) is 12.1 Å². The van der Waals surface area contributed by atoms with E-state index in [0.717, 1.165) is 27.9 Å². The van der Waals surface area contributed by atoms with Crippen molar-refractivity contribution in [2.45, 2.75) is 116 Å². The van der Waals surface area contributed by atoms with Crippen molar-refractivity contribution in [3.05, 3.63) is 72.2 Å². The quantitative estimate of drug-likeness (QED) is 0.206. The molecule has 4 N–H and O–H groups in total. The van der Waals surface area contributed by atoms with Crippen molar-refractivity contribution in [3.63, 3.8) is 0 Å². The molecule has 2 aliphatic rings. The van der Waals surface area contributed by atoms with Crippen LogP contribution in [0.3, 0.4) is 0 Å². The van der Waals surface area contributed by atoms with E-state index in [1.54, 1.807) is 55.9 Å². The first-order valence-electron chi connectivity index (χ1n) is 20.8. The Morgan fingerprint density at radius 3 is 2.49 bits per heavy atom. The zero-order chi connectivity index (χ0) is 43.0. The number of esters is 1. The number of ketones is 1. The first kappa shape index (κ1) is 46.1. The van der Waals surface area contributed by atoms with Gasteiger partial charge in [0.25, 0.3) is 0 Å². The first-order valence-corrected chi connectivity index (χ1v) is 20.8. The number of carbonyl (C=O) groups is 2. The smallest absolute Gasteiger partial charge is 0.308 e. The number of likely N-dealkylation sites (N-methyl/N-ethyl adjacent to an activating group) is 1. The van der Waals surface area contributed by atoms with Gasteiger partial charge >= 0.3 is 5.97 Å². The maximum absolute atomic E-state index is 13.7. The number of pyridine rings is 1. The molecular formula is C44H64N6O9. The highest BCUT2D eigenvalue weighted by atomic mass is 16.7. The maximum atomic E-state index is 13.7. The highest BCUT2D eigenvalue weighted by Gasteiger charge is 2.47. The summed E-state index contributed by atoms with van der Waals surface area (Å²) in [5.41, 5.74) is 3.15. The van der Waals surface area contributed by atoms with Gasteiger partial charge in [0.05, 0.1) is 72.8 Å². The number of aromatic nitrogens is 4. The number of para-hydroxylation sites is 1. The lowest BCUT2D eigenvalue weighted by molar-refractivity contribution is -0.304. The lowest BCUT2D eigenvalue weighted by Gasteiger charge is -2.46. The van der Waals surface area contributed by atoms with Gasteiger partial charge in [0.2, 0.25) is 0 Å². The molecule has 3 aromatic rings. The van der Waals surface area contributed by atoms with Gasteiger partial charge in [0.1, 0.15) is 12.2 Å². The van der Waals surface area contributed by atoms with Crippen molar-refractivity contribution in [3.8, 4) is 5.69 Å². The third-order valence-electron chi connectivity index (χ3n) is 11.9. The molecule has 0 radical (unpaired) electrons. The average Bonchev–Trinajstić information content (AvgIpc) is 3.68. The number of carbonyl (C=O) groups excluding carboxylic acids is 2. The van der Waals surface area contributed by atoms with Gasteiger partial charge in [-0.1, -0.05) is 61.9 Å². The van der Waals surface area contributed by atoms with E-state index >= 15 is 0 Å². The molecule has 0 saturated carbocycles. The molecule has 0 spiro atoms. The summed E-state index contributed by atoms with van der Waals surface area (Å²) in [4.78, 5) is 35.5. The van der Waals surface area contributed by atoms with Gasteiger partial charge in [-0.05, 0) is 84.9 Å². The Bertz CT molecular complexity index is 1900. The number of aliphatic hydroxyl groups is 4. The summed E-state index contributed by atoms with van der Waals surface area (Å²) in [6.45, 7) is 9.76. The molecule has 5 rings (SSSR count). The van der Waals surface area contributed by atoms with Crippen LogP contribution >= 0.6 is 0 Å². The molecule has 0 bridgehead atoms. The van der Waals surface area contributed by atoms with Crippen LogP contribution in [0.2, 0.25) is 0 Å². The molecule has 2 unspecified atom stereocenters. The van der Waals surface area contributed by atoms with Crippen molar-refractivity contribution < 1.29 is 44.2 Å². The van der Waals surface area contributed by atoms with E-state index < -0.39 is 72.7 Å². The van der Waals surface area contributed by atoms with Crippen LogP contribution in [-0.4, -0.2) is 145 Å². The molecule has 1 saturated heterocycles. The van der Waals surface area contributed by atoms with Gasteiger partial charge < -0.3 is 44.4 Å². The van der Waals surface area contributed by atoms with Crippen molar-refractivity contribution >= 4 is 22.7 Å². The second kappa shape index (κ2) is 21.0. The van der Waals surface area contributed by atoms with Crippen molar-refractivity contribution in [2.24, 2.45) is 23.7 Å². The van der Waals surface area contributed by atoms with Crippen molar-refractivity contribution in [1.82, 2.24) is 29.8 Å². The number of hydrogen-bond donors (Lipinski definition) is 4. The van der Waals surface area contributed by atoms with Crippen LogP contribution in [0.4, 0.5) is 0 Å². The fourth-order valence-corrected chi connectivity index (χ4v) is 8.28. The number of ether oxygens (including phenoxy) is 3. The van der Waals surface area contributed by atoms with Crippen LogP contribution < -0.4 is 0 Å². The van der Waals surface area contributed by atoms with E-state index in [-0.39, 0.29) is 24.7 Å². The number of benzene rings is 1. The molecule has 324 valence electrons. The van der Waals surface area contributed by atoms with Crippen LogP contribution in [0.1, 0.15) is 66.0 Å². The van der Waals surface area contributed by atoms with Crippen LogP contribution in [-0.2, 0) is 30.3 Å². The number of cyclic esters (lactones) is 1. The normalized spacial score (nSPS) is 33.2. The van der Waals surface area contributed by atoms with Crippen LogP contribution in [0, 0.1) is 23.7 Å². The fourth-order valence-electron chi connectivity index (χ4n) is 8.28. The van der Waals surface area contributed by atoms with E-state index in [0.29, 0.717) is 32.4 Å². The van der Waals surface area contributed by atoms with E-state index in [4.69, 9.17) is 14.2 Å². The molecule has 12 atom stereocenters. The molecule has 1 fully saturated rings. The largest absolute Gasteiger partial charge is 0.462 e. The Labute approximate surface area is 347 Å². The third kappa shape index (κ3) is 11.9. The van der Waals surface area contributed by atoms with E-state index in [1.165, 1.54) is 6.08 Å². The Morgan fingerprint density at radius 2 is 1.78 bits per heavy atom. The SMILES string of the molecule is CC[C@H]1OC(=O)C[C@@H](O)[C@H](C)[C@@H](O[C@@H]2O[C@H](C)[C@@H](O)C(N(C)C)C2O)[C@@H](CCN(C)Cc2cn(-c3cnc4ccccc4c3)nn2)C[C@@H](C)C(=O)/C=C/C(C)=C/[C@@H]1CO. The second-order valence-electron chi connectivity index (χ2n) is 16.8. The van der Waals surface area contributed by atoms with Gasteiger partial charge in [-0.25, -0.2) is 4.68 Å². The van der Waals surface area contributed by atoms with Crippen LogP contribution in [0.15, 0.2) is 66.5 Å². The monoisotopic (exact) mass is 820 g/mol. The minimum Gasteiger partial charge on any atom is -0.462 e. The van der Waals surface area contributed by atoms with Gasteiger partial charge in [-0.2, -0.15) is 0 Å². The Kier molecular flexibility index (Phi) is 16.5. The molecule has 4 heterocycles. The molecule has 15 nitrogen and oxygen atoms in total. The number of rotatable bonds is 11. The number of aliphatic hydroxyl groups excluding tert-OH is 4. The standard InChI is InChI=1S/C44H64N6O9/c1-9-38-32(25-51)18-26(2)14-15-36(52)27(3)19-31(16-17-49(8)23-33-24-50(47-46-33)34-20-30-12-10-11-13-35(30)45-22-34)43(28(4)37(53)21-39(54)58-38)59-44-42(56)40(48(6)7)41(55)29(5)57-44/h10-15,18,20,22,24,27-29,31-32,37-38,40-44,51,53,55-56H,9,16-17,19,21,23,25H2,1-8H3/b15-14+,26-18+/t27-,28+,29-,31+,32-,37-,38-,40?,41-,42?,43-,44+/m1/s1. The molecule has 0 amide bonds. The summed E-state index contributed by atoms with van der Waals surface area (Å²) < 4.78 is 20.4. The Balaban J connectivity index is 1.44. The topological polar surface area (TPSA) is 193 Å². The summed E-state index contributed by atoms with van der Waals surface area (Å²) in [6, 6.07) is 9.16. The number of nitrogens with zero attached hydrogens (tertiary/aromatic N) is 6. The lowest BCUT2D eigenvalue weighted by atomic mass is 9.79. The molecule has 0 aliphatic carbocycles. The summed E-state index contributed by atoms with van der Waals surface area (Å²) in [5.74, 6) is -2.78. The maximum Gasteiger partial charge on any atom is 0.308 e. The zero-order valence-corrected chi connectivity index (χ0v) is 35.7. The third-order valence-corrected chi connectivity index (χ3v) is 11.9. The molecule has 2 aromatic heterocycles. The highest BCUT2D eigenvalue weighted by Crippen LogP contribution is 2.35. The predicted molar refractivity (Wildman–Crippen MR) is 222 cm³/mol. The molecule has 15 heteroatoms. The number of hydrogen-bond acceptors (Lipinski definition) is 14.